The lowest BCUT2D eigenvalue weighted by Crippen LogP contribution is -1.96. The van der Waals surface area contributed by atoms with Gasteiger partial charge in [-0.25, -0.2) is 0 Å². The fourth-order valence-corrected chi connectivity index (χ4v) is 2.82. The second-order valence-electron chi connectivity index (χ2n) is 4.73. The summed E-state index contributed by atoms with van der Waals surface area (Å²) >= 11 is 0. The topological polar surface area (TPSA) is 42.2 Å². The van der Waals surface area contributed by atoms with E-state index in [-0.39, 0.29) is 5.75 Å². The Bertz CT molecular complexity index is 799. The number of aryl methyl sites for hydroxylation is 2. The second kappa shape index (κ2) is 4.12. The molecule has 0 saturated heterocycles. The van der Waals surface area contributed by atoms with Gasteiger partial charge in [0.15, 0.2) is 12.0 Å². The van der Waals surface area contributed by atoms with Gasteiger partial charge >= 0.3 is 0 Å². The third kappa shape index (κ3) is 1.48. The monoisotopic (exact) mass is 253 g/mol. The summed E-state index contributed by atoms with van der Waals surface area (Å²) in [7, 11) is 0. The molecule has 0 radical (unpaired) electrons. The van der Waals surface area contributed by atoms with Gasteiger partial charge in [0.05, 0.1) is 11.1 Å². The zero-order chi connectivity index (χ0) is 13.6. The maximum Gasteiger partial charge on any atom is 0.154 e. The molecule has 0 unspecified atom stereocenters. The molecule has 3 aromatic rings. The number of nitrogens with zero attached hydrogens (tertiary/aromatic N) is 1. The third-order valence-corrected chi connectivity index (χ3v) is 3.71. The van der Waals surface area contributed by atoms with Crippen LogP contribution in [0.2, 0.25) is 0 Å². The van der Waals surface area contributed by atoms with Crippen molar-refractivity contribution in [3.8, 4) is 5.75 Å². The van der Waals surface area contributed by atoms with Crippen LogP contribution in [0, 0.1) is 6.92 Å². The van der Waals surface area contributed by atoms with Crippen molar-refractivity contribution in [2.45, 2.75) is 20.4 Å². The number of hydrogen-bond donors (Lipinski definition) is 1. The van der Waals surface area contributed by atoms with Crippen molar-refractivity contribution < 1.29 is 9.90 Å². The lowest BCUT2D eigenvalue weighted by atomic mass is 10.0. The van der Waals surface area contributed by atoms with E-state index in [9.17, 15) is 9.90 Å². The molecule has 0 fully saturated rings. The fourth-order valence-electron chi connectivity index (χ4n) is 2.82. The standard InChI is InChI=1S/C16H15NO2/c1-3-17-14-7-5-4-6-11(14)12-8-10(2)13(9-18)16(19)15(12)17/h4-9,19H,3H2,1-2H3. The van der Waals surface area contributed by atoms with Crippen LogP contribution in [0.1, 0.15) is 22.8 Å². The minimum absolute atomic E-state index is 0.0862. The smallest absolute Gasteiger partial charge is 0.154 e. The largest absolute Gasteiger partial charge is 0.505 e. The highest BCUT2D eigenvalue weighted by molar-refractivity contribution is 6.12. The molecule has 3 heteroatoms. The van der Waals surface area contributed by atoms with Gasteiger partial charge in [0.2, 0.25) is 0 Å². The molecule has 1 N–H and O–H groups in total. The van der Waals surface area contributed by atoms with Crippen LogP contribution >= 0.6 is 0 Å². The predicted molar refractivity (Wildman–Crippen MR) is 76.9 cm³/mol. The van der Waals surface area contributed by atoms with Gasteiger partial charge in [0.1, 0.15) is 0 Å². The number of carbonyl (C=O) groups excluding carboxylic acids is 1. The average Bonchev–Trinajstić information content (AvgIpc) is 2.73. The minimum atomic E-state index is 0.0862. The molecule has 19 heavy (non-hydrogen) atoms. The first-order chi connectivity index (χ1) is 9.19. The summed E-state index contributed by atoms with van der Waals surface area (Å²) in [6.07, 6.45) is 0.724. The molecule has 1 aromatic heterocycles. The van der Waals surface area contributed by atoms with Crippen LogP contribution in [0.15, 0.2) is 30.3 Å². The molecule has 0 saturated carbocycles. The molecule has 2 aromatic carbocycles. The number of hydrogen-bond acceptors (Lipinski definition) is 2. The Morgan fingerprint density at radius 2 is 2.00 bits per heavy atom. The lowest BCUT2D eigenvalue weighted by Gasteiger charge is -2.08. The van der Waals surface area contributed by atoms with E-state index in [1.165, 1.54) is 0 Å². The minimum Gasteiger partial charge on any atom is -0.505 e. The summed E-state index contributed by atoms with van der Waals surface area (Å²) in [5, 5.41) is 12.5. The molecular weight excluding hydrogens is 238 g/mol. The average molecular weight is 253 g/mol. The lowest BCUT2D eigenvalue weighted by molar-refractivity contribution is 0.112. The summed E-state index contributed by atoms with van der Waals surface area (Å²) in [4.78, 5) is 11.1. The first-order valence-electron chi connectivity index (χ1n) is 6.37. The van der Waals surface area contributed by atoms with Crippen LogP contribution in [-0.4, -0.2) is 16.0 Å². The summed E-state index contributed by atoms with van der Waals surface area (Å²) in [6.45, 7) is 4.63. The first kappa shape index (κ1) is 11.8. The van der Waals surface area contributed by atoms with Crippen molar-refractivity contribution in [3.63, 3.8) is 0 Å². The number of benzene rings is 2. The molecule has 0 atom stereocenters. The number of aromatic nitrogens is 1. The van der Waals surface area contributed by atoms with Gasteiger partial charge in [-0.05, 0) is 31.5 Å². The van der Waals surface area contributed by atoms with E-state index < -0.39 is 0 Å². The Hall–Kier alpha value is -2.29. The highest BCUT2D eigenvalue weighted by atomic mass is 16.3. The van der Waals surface area contributed by atoms with Gasteiger partial charge in [0, 0.05) is 22.8 Å². The number of rotatable bonds is 2. The predicted octanol–water partition coefficient (Wildman–Crippen LogP) is 3.64. The zero-order valence-electron chi connectivity index (χ0n) is 11.0. The van der Waals surface area contributed by atoms with Crippen molar-refractivity contribution in [2.24, 2.45) is 0 Å². The summed E-state index contributed by atoms with van der Waals surface area (Å²) in [6, 6.07) is 10.0. The van der Waals surface area contributed by atoms with Gasteiger partial charge in [-0.2, -0.15) is 0 Å². The number of aldehydes is 1. The number of phenols is 1. The Labute approximate surface area is 111 Å². The van der Waals surface area contributed by atoms with E-state index in [1.807, 2.05) is 48.7 Å². The fraction of sp³-hybridized carbons (Fsp3) is 0.188. The molecule has 0 amide bonds. The first-order valence-corrected chi connectivity index (χ1v) is 6.37. The van der Waals surface area contributed by atoms with Crippen molar-refractivity contribution in [2.75, 3.05) is 0 Å². The Morgan fingerprint density at radius 3 is 2.68 bits per heavy atom. The number of fused-ring (bicyclic) bond motifs is 3. The Kier molecular flexibility index (Phi) is 2.56. The molecule has 3 nitrogen and oxygen atoms in total. The molecule has 1 heterocycles. The van der Waals surface area contributed by atoms with Crippen molar-refractivity contribution in [1.29, 1.82) is 0 Å². The van der Waals surface area contributed by atoms with Crippen LogP contribution in [0.3, 0.4) is 0 Å². The molecule has 0 spiro atoms. The number of aromatic hydroxyl groups is 1. The number of carbonyl (C=O) groups is 1. The SMILES string of the molecule is CCn1c2ccccc2c2cc(C)c(C=O)c(O)c21. The molecule has 3 rings (SSSR count). The highest BCUT2D eigenvalue weighted by Gasteiger charge is 2.17. The summed E-state index contributed by atoms with van der Waals surface area (Å²) in [5.41, 5.74) is 3.01. The normalized spacial score (nSPS) is 11.3. The van der Waals surface area contributed by atoms with E-state index in [0.29, 0.717) is 5.56 Å². The van der Waals surface area contributed by atoms with Crippen LogP contribution in [0.5, 0.6) is 5.75 Å². The second-order valence-corrected chi connectivity index (χ2v) is 4.73. The van der Waals surface area contributed by atoms with Crippen LogP contribution < -0.4 is 0 Å². The molecule has 0 aliphatic heterocycles. The van der Waals surface area contributed by atoms with Gasteiger partial charge < -0.3 is 9.67 Å². The van der Waals surface area contributed by atoms with Crippen molar-refractivity contribution in [3.05, 3.63) is 41.5 Å². The van der Waals surface area contributed by atoms with Crippen LogP contribution in [0.4, 0.5) is 0 Å². The molecule has 96 valence electrons. The van der Waals surface area contributed by atoms with Gasteiger partial charge in [-0.15, -0.1) is 0 Å². The van der Waals surface area contributed by atoms with E-state index in [0.717, 1.165) is 40.2 Å². The Balaban J connectivity index is 2.63. The van der Waals surface area contributed by atoms with E-state index in [4.69, 9.17) is 0 Å². The maximum atomic E-state index is 11.1. The third-order valence-electron chi connectivity index (χ3n) is 3.71. The number of para-hydroxylation sites is 1. The highest BCUT2D eigenvalue weighted by Crippen LogP contribution is 2.37. The molecule has 0 bridgehead atoms. The maximum absolute atomic E-state index is 11.1. The van der Waals surface area contributed by atoms with Gasteiger partial charge in [0.25, 0.3) is 0 Å². The van der Waals surface area contributed by atoms with Gasteiger partial charge in [-0.1, -0.05) is 18.2 Å². The van der Waals surface area contributed by atoms with E-state index in [1.54, 1.807) is 0 Å². The summed E-state index contributed by atoms with van der Waals surface area (Å²) < 4.78 is 2.05. The summed E-state index contributed by atoms with van der Waals surface area (Å²) in [5.74, 6) is 0.0862. The zero-order valence-corrected chi connectivity index (χ0v) is 11.0. The van der Waals surface area contributed by atoms with Crippen molar-refractivity contribution >= 4 is 28.1 Å². The molecular formula is C16H15NO2. The Morgan fingerprint density at radius 1 is 1.26 bits per heavy atom. The van der Waals surface area contributed by atoms with E-state index in [2.05, 4.69) is 0 Å². The van der Waals surface area contributed by atoms with Crippen molar-refractivity contribution in [1.82, 2.24) is 4.57 Å². The van der Waals surface area contributed by atoms with Crippen LogP contribution in [0.25, 0.3) is 21.8 Å². The quantitative estimate of drug-likeness (QED) is 0.708. The van der Waals surface area contributed by atoms with Crippen LogP contribution in [-0.2, 0) is 6.54 Å². The molecule has 0 aliphatic rings. The number of phenolic OH excluding ortho intramolecular Hbond substituents is 1. The van der Waals surface area contributed by atoms with Gasteiger partial charge in [-0.3, -0.25) is 4.79 Å². The molecule has 0 aliphatic carbocycles. The van der Waals surface area contributed by atoms with E-state index >= 15 is 0 Å².